The van der Waals surface area contributed by atoms with Gasteiger partial charge in [0.05, 0.1) is 25.8 Å². The van der Waals surface area contributed by atoms with Crippen LogP contribution < -0.4 is 40.1 Å². The van der Waals surface area contributed by atoms with E-state index in [0.717, 1.165) is 24.8 Å². The van der Waals surface area contributed by atoms with Gasteiger partial charge in [-0.2, -0.15) is 4.58 Å². The molecule has 1 aliphatic heterocycles. The van der Waals surface area contributed by atoms with E-state index < -0.39 is 47.9 Å². The van der Waals surface area contributed by atoms with Gasteiger partial charge < -0.3 is 28.6 Å². The number of benzene rings is 2. The van der Waals surface area contributed by atoms with Crippen LogP contribution in [0.15, 0.2) is 68.7 Å². The van der Waals surface area contributed by atoms with E-state index in [-0.39, 0.29) is 78.7 Å². The van der Waals surface area contributed by atoms with Crippen molar-refractivity contribution in [3.63, 3.8) is 0 Å². The van der Waals surface area contributed by atoms with Crippen LogP contribution in [0.2, 0.25) is 0 Å². The molecule has 4 rings (SSSR count). The number of hydrogen-bond donors (Lipinski definition) is 2. The number of aromatic hydroxyl groups is 1. The van der Waals surface area contributed by atoms with Gasteiger partial charge in [-0.3, -0.25) is 4.79 Å². The van der Waals surface area contributed by atoms with Gasteiger partial charge in [-0.05, 0) is 64.0 Å². The number of carbonyl (C=O) groups is 1. The molecule has 0 saturated carbocycles. The predicted octanol–water partition coefficient (Wildman–Crippen LogP) is 1.07. The quantitative estimate of drug-likeness (QED) is 0.0742. The summed E-state index contributed by atoms with van der Waals surface area (Å²) in [6, 6.07) is 8.96. The summed E-state index contributed by atoms with van der Waals surface area (Å²) in [5.41, 5.74) is 0.524. The van der Waals surface area contributed by atoms with Crippen molar-refractivity contribution in [1.29, 1.82) is 0 Å². The molecule has 1 unspecified atom stereocenters. The van der Waals surface area contributed by atoms with Crippen molar-refractivity contribution >= 4 is 60.3 Å². The largest absolute Gasteiger partial charge is 1.00 e. The second-order valence-corrected chi connectivity index (χ2v) is 14.5. The topological polar surface area (TPSA) is 208 Å². The molecule has 258 valence electrons. The number of carboxylic acid groups (broad SMARTS) is 1. The second-order valence-electron chi connectivity index (χ2n) is 11.6. The normalized spacial score (nSPS) is 16.4. The fourth-order valence-electron chi connectivity index (χ4n) is 6.10. The van der Waals surface area contributed by atoms with E-state index in [0.29, 0.717) is 22.3 Å². The van der Waals surface area contributed by atoms with Crippen LogP contribution in [-0.2, 0) is 30.4 Å². The van der Waals surface area contributed by atoms with Crippen molar-refractivity contribution in [2.45, 2.75) is 56.8 Å². The maximum atomic E-state index is 12.9. The Bertz CT molecular complexity index is 2100. The molecule has 13 nitrogen and oxygen atoms in total. The van der Waals surface area contributed by atoms with Gasteiger partial charge in [-0.1, -0.05) is 12.2 Å². The van der Waals surface area contributed by atoms with Gasteiger partial charge >= 0.3 is 41.2 Å². The van der Waals surface area contributed by atoms with Crippen molar-refractivity contribution in [2.24, 2.45) is 0 Å². The number of hydrogen-bond acceptors (Lipinski definition) is 11. The Balaban J connectivity index is 0.00000650. The van der Waals surface area contributed by atoms with Crippen molar-refractivity contribution in [2.75, 3.05) is 30.3 Å². The monoisotopic (exact) mass is 724 g/mol. The molecular weight excluding hydrogens is 687 g/mol. The zero-order valence-electron chi connectivity index (χ0n) is 27.7. The smallest absolute Gasteiger partial charge is 0.748 e. The zero-order chi connectivity index (χ0) is 35.4. The summed E-state index contributed by atoms with van der Waals surface area (Å²) >= 11 is 0. The average Bonchev–Trinajstić information content (AvgIpc) is 3.22. The average molecular weight is 725 g/mol. The van der Waals surface area contributed by atoms with Crippen LogP contribution in [0.5, 0.6) is 5.75 Å². The van der Waals surface area contributed by atoms with E-state index in [9.17, 15) is 45.7 Å². The molecule has 0 fully saturated rings. The molecule has 2 N–H and O–H groups in total. The first-order chi connectivity index (χ1) is 22.5. The zero-order valence-corrected chi connectivity index (χ0v) is 31.3. The molecule has 0 amide bonds. The van der Waals surface area contributed by atoms with E-state index in [4.69, 9.17) is 4.42 Å². The Labute approximate surface area is 307 Å². The summed E-state index contributed by atoms with van der Waals surface area (Å²) in [5.74, 6) is -1.97. The second kappa shape index (κ2) is 16.1. The van der Waals surface area contributed by atoms with Crippen molar-refractivity contribution < 1.29 is 79.5 Å². The number of aliphatic carboxylic acids is 1. The molecule has 2 heterocycles. The van der Waals surface area contributed by atoms with Crippen LogP contribution in [0.4, 0.5) is 11.4 Å². The minimum absolute atomic E-state index is 0. The fourth-order valence-corrected chi connectivity index (χ4v) is 7.08. The Morgan fingerprint density at radius 3 is 2.31 bits per heavy atom. The molecule has 0 bridgehead atoms. The van der Waals surface area contributed by atoms with Crippen molar-refractivity contribution in [3.05, 3.63) is 76.2 Å². The third-order valence-corrected chi connectivity index (χ3v) is 10.1. The summed E-state index contributed by atoms with van der Waals surface area (Å²) in [7, 11) is -9.39. The van der Waals surface area contributed by atoms with Crippen LogP contribution >= 0.6 is 0 Å². The molecule has 1 aliphatic rings. The van der Waals surface area contributed by atoms with Gasteiger partial charge in [0.1, 0.15) is 33.6 Å². The van der Waals surface area contributed by atoms with E-state index in [1.165, 1.54) is 24.3 Å². The van der Waals surface area contributed by atoms with Gasteiger partial charge in [-0.25, -0.2) is 21.6 Å². The number of allylic oxidation sites excluding steroid dienone is 3. The number of carboxylic acids is 1. The first-order valence-corrected chi connectivity index (χ1v) is 18.3. The van der Waals surface area contributed by atoms with E-state index in [2.05, 4.69) is 4.90 Å². The molecule has 0 saturated heterocycles. The Morgan fingerprint density at radius 2 is 1.69 bits per heavy atom. The first-order valence-electron chi connectivity index (χ1n) is 15.3. The Kier molecular flexibility index (Phi) is 13.2. The van der Waals surface area contributed by atoms with E-state index >= 15 is 0 Å². The third kappa shape index (κ3) is 9.28. The minimum Gasteiger partial charge on any atom is -0.748 e. The predicted molar refractivity (Wildman–Crippen MR) is 178 cm³/mol. The standard InChI is InChI=1S/C33H38N2O11S2.Na/c1-4-34(5-2)22-13-15-24-28(20-22)46-32(39)25(31(24)38)10-6-7-11-29-33(3,17-8-12-30(36)37)26-21-23(48(43,44)45)14-16-27(26)35(29)18-9-19-47(40,41)42;/h6-7,10-11,13-16,20-21H,4-5,8-9,12,17-19H2,1-3H3,(H3,36,37,40,41,42,43,44,45);/q;+1/p-1. The summed E-state index contributed by atoms with van der Waals surface area (Å²) in [5, 5.41) is 20.6. The van der Waals surface area contributed by atoms with Crippen LogP contribution in [0, 0.1) is 0 Å². The van der Waals surface area contributed by atoms with Crippen LogP contribution in [0.25, 0.3) is 17.0 Å². The van der Waals surface area contributed by atoms with Gasteiger partial charge in [0, 0.05) is 61.1 Å². The van der Waals surface area contributed by atoms with Gasteiger partial charge in [0.25, 0.3) is 0 Å². The Hall–Kier alpha value is -3.31. The summed E-state index contributed by atoms with van der Waals surface area (Å²) < 4.78 is 77.0. The number of fused-ring (bicyclic) bond motifs is 2. The molecule has 0 radical (unpaired) electrons. The van der Waals surface area contributed by atoms with Crippen LogP contribution in [0.1, 0.15) is 57.6 Å². The molecule has 49 heavy (non-hydrogen) atoms. The molecule has 0 spiro atoms. The van der Waals surface area contributed by atoms with Gasteiger partial charge in [0.2, 0.25) is 5.69 Å². The van der Waals surface area contributed by atoms with Gasteiger partial charge in [0.15, 0.2) is 5.71 Å². The van der Waals surface area contributed by atoms with E-state index in [1.54, 1.807) is 35.8 Å². The number of anilines is 1. The third-order valence-electron chi connectivity index (χ3n) is 8.50. The minimum atomic E-state index is -4.85. The Morgan fingerprint density at radius 1 is 1.02 bits per heavy atom. The number of rotatable bonds is 15. The SMILES string of the molecule is CCN(CC)c1ccc2c(O)c(/C=C/C=C/C3=[N+](CCCS(=O)(=O)[O-])c4ccc(S(=O)(=O)[O-])cc4C3(C)CCCC(=O)O)c(=O)oc2c1.[Na+]. The fraction of sp³-hybridized carbons (Fsp3) is 0.364. The molecule has 0 aliphatic carbocycles. The summed E-state index contributed by atoms with van der Waals surface area (Å²) in [6.07, 6.45) is 6.13. The van der Waals surface area contributed by atoms with E-state index in [1.807, 2.05) is 19.9 Å². The maximum absolute atomic E-state index is 12.9. The van der Waals surface area contributed by atoms with Crippen LogP contribution in [-0.4, -0.2) is 77.8 Å². The molecular formula is C33H37N2NaO11S2. The molecule has 3 aromatic rings. The van der Waals surface area contributed by atoms with Crippen molar-refractivity contribution in [1.82, 2.24) is 0 Å². The van der Waals surface area contributed by atoms with Crippen LogP contribution in [0.3, 0.4) is 0 Å². The molecule has 1 atom stereocenters. The molecule has 2 aromatic carbocycles. The molecule has 16 heteroatoms. The van der Waals surface area contributed by atoms with Crippen molar-refractivity contribution in [3.8, 4) is 5.75 Å². The molecule has 1 aromatic heterocycles. The maximum Gasteiger partial charge on any atom is 1.00 e. The number of nitrogens with zero attached hydrogens (tertiary/aromatic N) is 2. The first kappa shape index (κ1) is 40.1. The summed E-state index contributed by atoms with van der Waals surface area (Å²) in [4.78, 5) is 25.8. The summed E-state index contributed by atoms with van der Waals surface area (Å²) in [6.45, 7) is 7.24. The van der Waals surface area contributed by atoms with Gasteiger partial charge in [-0.15, -0.1) is 0 Å².